The molecular weight excluding hydrogens is 342 g/mol. The highest BCUT2D eigenvalue weighted by Gasteiger charge is 2.21. The van der Waals surface area contributed by atoms with Gasteiger partial charge < -0.3 is 8.92 Å². The molecule has 0 bridgehead atoms. The number of hydrogen-bond donors (Lipinski definition) is 0. The van der Waals surface area contributed by atoms with Gasteiger partial charge in [0.2, 0.25) is 0 Å². The van der Waals surface area contributed by atoms with Crippen molar-refractivity contribution in [1.29, 1.82) is 0 Å². The molecule has 0 spiro atoms. The average molecular weight is 357 g/mol. The van der Waals surface area contributed by atoms with E-state index >= 15 is 0 Å². The van der Waals surface area contributed by atoms with E-state index in [9.17, 15) is 13.2 Å². The third-order valence-corrected chi connectivity index (χ3v) is 4.82. The van der Waals surface area contributed by atoms with Gasteiger partial charge >= 0.3 is 16.1 Å². The standard InChI is InChI=1S/C18H15NO5S/c1-12-9-13-5-4-8-16(17(13)19-11-12)25(21,22)24-15-7-3-6-14(10-15)18(20)23-2/h3-11H,1-2H3. The van der Waals surface area contributed by atoms with E-state index in [1.807, 2.05) is 13.0 Å². The SMILES string of the molecule is COC(=O)c1cccc(OS(=O)(=O)c2cccc3cc(C)cnc23)c1. The lowest BCUT2D eigenvalue weighted by molar-refractivity contribution is 0.0600. The molecule has 0 amide bonds. The van der Waals surface area contributed by atoms with Crippen molar-refractivity contribution in [3.05, 3.63) is 65.9 Å². The van der Waals surface area contributed by atoms with Gasteiger partial charge in [-0.3, -0.25) is 4.98 Å². The fourth-order valence-electron chi connectivity index (χ4n) is 2.41. The monoisotopic (exact) mass is 357 g/mol. The topological polar surface area (TPSA) is 82.6 Å². The Hall–Kier alpha value is -2.93. The summed E-state index contributed by atoms with van der Waals surface area (Å²) in [4.78, 5) is 15.8. The van der Waals surface area contributed by atoms with Crippen molar-refractivity contribution < 1.29 is 22.1 Å². The van der Waals surface area contributed by atoms with E-state index in [0.29, 0.717) is 10.9 Å². The van der Waals surface area contributed by atoms with E-state index < -0.39 is 16.1 Å². The molecule has 2 aromatic carbocycles. The molecule has 0 N–H and O–H groups in total. The van der Waals surface area contributed by atoms with Crippen LogP contribution >= 0.6 is 0 Å². The molecule has 128 valence electrons. The number of nitrogens with zero attached hydrogens (tertiary/aromatic N) is 1. The molecule has 0 atom stereocenters. The maximum absolute atomic E-state index is 12.7. The molecule has 25 heavy (non-hydrogen) atoms. The highest BCUT2D eigenvalue weighted by atomic mass is 32.2. The van der Waals surface area contributed by atoms with Gasteiger partial charge in [-0.2, -0.15) is 8.42 Å². The van der Waals surface area contributed by atoms with Gasteiger partial charge in [-0.1, -0.05) is 18.2 Å². The molecule has 7 heteroatoms. The number of ether oxygens (including phenoxy) is 1. The molecule has 0 unspecified atom stereocenters. The highest BCUT2D eigenvalue weighted by Crippen LogP contribution is 2.25. The number of hydrogen-bond acceptors (Lipinski definition) is 6. The summed E-state index contributed by atoms with van der Waals surface area (Å²) in [6.45, 7) is 1.88. The summed E-state index contributed by atoms with van der Waals surface area (Å²) in [6, 6.07) is 12.5. The lowest BCUT2D eigenvalue weighted by Gasteiger charge is -2.10. The predicted molar refractivity (Wildman–Crippen MR) is 92.1 cm³/mol. The summed E-state index contributed by atoms with van der Waals surface area (Å²) in [5.41, 5.74) is 1.45. The van der Waals surface area contributed by atoms with Crippen LogP contribution in [0.4, 0.5) is 0 Å². The first-order valence-electron chi connectivity index (χ1n) is 7.39. The van der Waals surface area contributed by atoms with E-state index in [-0.39, 0.29) is 16.2 Å². The Morgan fingerprint density at radius 2 is 1.84 bits per heavy atom. The first-order chi connectivity index (χ1) is 11.9. The molecule has 0 saturated heterocycles. The zero-order valence-electron chi connectivity index (χ0n) is 13.6. The number of carbonyl (C=O) groups excluding carboxylic acids is 1. The first-order valence-corrected chi connectivity index (χ1v) is 8.80. The third-order valence-electron chi connectivity index (χ3n) is 3.54. The Labute approximate surface area is 145 Å². The number of rotatable bonds is 4. The van der Waals surface area contributed by atoms with Crippen molar-refractivity contribution in [2.45, 2.75) is 11.8 Å². The van der Waals surface area contributed by atoms with Gasteiger partial charge in [0.15, 0.2) is 0 Å². The molecule has 1 heterocycles. The number of methoxy groups -OCH3 is 1. The molecule has 0 aliphatic rings. The Bertz CT molecular complexity index is 1060. The average Bonchev–Trinajstić information content (AvgIpc) is 2.60. The van der Waals surface area contributed by atoms with Crippen LogP contribution in [0.3, 0.4) is 0 Å². The van der Waals surface area contributed by atoms with Crippen LogP contribution in [-0.2, 0) is 14.9 Å². The molecule has 3 rings (SSSR count). The number of fused-ring (bicyclic) bond motifs is 1. The van der Waals surface area contributed by atoms with Crippen molar-refractivity contribution in [1.82, 2.24) is 4.98 Å². The Balaban J connectivity index is 2.02. The van der Waals surface area contributed by atoms with Crippen molar-refractivity contribution >= 4 is 27.0 Å². The number of pyridine rings is 1. The second-order valence-electron chi connectivity index (χ2n) is 5.40. The number of para-hydroxylation sites is 1. The van der Waals surface area contributed by atoms with Gasteiger partial charge in [-0.05, 0) is 42.8 Å². The Morgan fingerprint density at radius 1 is 1.08 bits per heavy atom. The first kappa shape index (κ1) is 16.9. The second-order valence-corrected chi connectivity index (χ2v) is 6.91. The second kappa shape index (κ2) is 6.52. The minimum absolute atomic E-state index is 0.0204. The zero-order chi connectivity index (χ0) is 18.0. The van der Waals surface area contributed by atoms with E-state index in [4.69, 9.17) is 4.18 Å². The van der Waals surface area contributed by atoms with Gasteiger partial charge in [0.05, 0.1) is 18.2 Å². The number of carbonyl (C=O) groups is 1. The predicted octanol–water partition coefficient (Wildman–Crippen LogP) is 3.10. The quantitative estimate of drug-likeness (QED) is 0.527. The molecule has 3 aromatic rings. The summed E-state index contributed by atoms with van der Waals surface area (Å²) < 4.78 is 35.2. The fraction of sp³-hybridized carbons (Fsp3) is 0.111. The summed E-state index contributed by atoms with van der Waals surface area (Å²) in [5, 5.41) is 0.702. The summed E-state index contributed by atoms with van der Waals surface area (Å²) in [7, 11) is -2.87. The lowest BCUT2D eigenvalue weighted by Crippen LogP contribution is -2.11. The number of aryl methyl sites for hydroxylation is 1. The summed E-state index contributed by atoms with van der Waals surface area (Å²) in [5.74, 6) is -0.558. The van der Waals surface area contributed by atoms with Gasteiger partial charge in [0, 0.05) is 11.6 Å². The Kier molecular flexibility index (Phi) is 4.41. The number of benzene rings is 2. The minimum atomic E-state index is -4.12. The molecule has 0 radical (unpaired) electrons. The van der Waals surface area contributed by atoms with Crippen LogP contribution in [-0.4, -0.2) is 26.5 Å². The van der Waals surface area contributed by atoms with E-state index in [1.54, 1.807) is 18.3 Å². The highest BCUT2D eigenvalue weighted by molar-refractivity contribution is 7.87. The molecular formula is C18H15NO5S. The van der Waals surface area contributed by atoms with E-state index in [0.717, 1.165) is 5.56 Å². The van der Waals surface area contributed by atoms with Crippen molar-refractivity contribution in [2.75, 3.05) is 7.11 Å². The zero-order valence-corrected chi connectivity index (χ0v) is 14.4. The van der Waals surface area contributed by atoms with Crippen molar-refractivity contribution in [3.63, 3.8) is 0 Å². The van der Waals surface area contributed by atoms with Crippen molar-refractivity contribution in [3.8, 4) is 5.75 Å². The Morgan fingerprint density at radius 3 is 2.60 bits per heavy atom. The van der Waals surface area contributed by atoms with Crippen LogP contribution < -0.4 is 4.18 Å². The number of esters is 1. The maximum atomic E-state index is 12.7. The summed E-state index contributed by atoms with van der Waals surface area (Å²) in [6.07, 6.45) is 1.60. The normalized spacial score (nSPS) is 11.3. The molecule has 0 fully saturated rings. The molecule has 0 aliphatic heterocycles. The maximum Gasteiger partial charge on any atom is 0.341 e. The molecule has 0 saturated carbocycles. The van der Waals surface area contributed by atoms with Gasteiger partial charge in [0.1, 0.15) is 10.6 Å². The molecule has 6 nitrogen and oxygen atoms in total. The van der Waals surface area contributed by atoms with Crippen LogP contribution in [0.5, 0.6) is 5.75 Å². The number of aromatic nitrogens is 1. The van der Waals surface area contributed by atoms with Crippen LogP contribution in [0.15, 0.2) is 59.6 Å². The van der Waals surface area contributed by atoms with E-state index in [1.165, 1.54) is 37.4 Å². The molecule has 0 aliphatic carbocycles. The van der Waals surface area contributed by atoms with Gasteiger partial charge in [-0.15, -0.1) is 0 Å². The van der Waals surface area contributed by atoms with E-state index in [2.05, 4.69) is 9.72 Å². The smallest absolute Gasteiger partial charge is 0.341 e. The van der Waals surface area contributed by atoms with Crippen LogP contribution in [0.25, 0.3) is 10.9 Å². The minimum Gasteiger partial charge on any atom is -0.465 e. The van der Waals surface area contributed by atoms with Gasteiger partial charge in [0.25, 0.3) is 0 Å². The van der Waals surface area contributed by atoms with Crippen LogP contribution in [0.1, 0.15) is 15.9 Å². The largest absolute Gasteiger partial charge is 0.465 e. The van der Waals surface area contributed by atoms with Crippen molar-refractivity contribution in [2.24, 2.45) is 0 Å². The van der Waals surface area contributed by atoms with Gasteiger partial charge in [-0.25, -0.2) is 4.79 Å². The summed E-state index contributed by atoms with van der Waals surface area (Å²) >= 11 is 0. The fourth-order valence-corrected chi connectivity index (χ4v) is 3.51. The lowest BCUT2D eigenvalue weighted by atomic mass is 10.2. The van der Waals surface area contributed by atoms with Crippen LogP contribution in [0.2, 0.25) is 0 Å². The molecule has 1 aromatic heterocycles. The van der Waals surface area contributed by atoms with Crippen LogP contribution in [0, 0.1) is 6.92 Å². The third kappa shape index (κ3) is 3.46.